The van der Waals surface area contributed by atoms with Crippen molar-refractivity contribution in [3.63, 3.8) is 0 Å². The summed E-state index contributed by atoms with van der Waals surface area (Å²) in [5, 5.41) is 14.3. The van der Waals surface area contributed by atoms with Crippen molar-refractivity contribution in [1.82, 2.24) is 15.2 Å². The Morgan fingerprint density at radius 2 is 2.29 bits per heavy atom. The van der Waals surface area contributed by atoms with Crippen molar-refractivity contribution in [3.05, 3.63) is 27.9 Å². The number of piperidine rings is 1. The van der Waals surface area contributed by atoms with Gasteiger partial charge in [0.15, 0.2) is 10.8 Å². The van der Waals surface area contributed by atoms with Crippen molar-refractivity contribution < 1.29 is 28.2 Å². The number of thioether (sulfide) groups is 1. The van der Waals surface area contributed by atoms with Crippen molar-refractivity contribution in [3.8, 4) is 0 Å². The van der Waals surface area contributed by atoms with E-state index in [-0.39, 0.29) is 37.8 Å². The predicted molar refractivity (Wildman–Crippen MR) is 115 cm³/mol. The Labute approximate surface area is 186 Å². The molecule has 2 N–H and O–H groups in total. The first-order valence-electron chi connectivity index (χ1n) is 9.77. The van der Waals surface area contributed by atoms with E-state index in [1.54, 1.807) is 23.4 Å². The van der Waals surface area contributed by atoms with Gasteiger partial charge in [0.1, 0.15) is 0 Å². The zero-order valence-electron chi connectivity index (χ0n) is 17.0. The largest absolute Gasteiger partial charge is 0.481 e. The lowest BCUT2D eigenvalue weighted by atomic mass is 9.96. The third-order valence-corrected chi connectivity index (χ3v) is 6.64. The number of aliphatic carboxylic acids is 1. The highest BCUT2D eigenvalue weighted by Crippen LogP contribution is 2.33. The number of carbonyl (C=O) groups excluding carboxylic acids is 1. The summed E-state index contributed by atoms with van der Waals surface area (Å²) in [5.74, 6) is -4.01. The maximum Gasteiger partial charge on any atom is 0.337 e. The van der Waals surface area contributed by atoms with E-state index >= 15 is 0 Å². The number of carboxylic acids is 1. The van der Waals surface area contributed by atoms with E-state index in [2.05, 4.69) is 15.3 Å². The fraction of sp³-hybridized carbons (Fsp3) is 0.579. The number of likely N-dealkylation sites (tertiary alicyclic amines) is 1. The summed E-state index contributed by atoms with van der Waals surface area (Å²) >= 11 is 2.52. The van der Waals surface area contributed by atoms with Gasteiger partial charge >= 0.3 is 11.9 Å². The molecule has 12 heteroatoms. The molecule has 0 radical (unpaired) electrons. The fourth-order valence-corrected chi connectivity index (χ4v) is 5.04. The fourth-order valence-electron chi connectivity index (χ4n) is 3.59. The monoisotopic (exact) mass is 474 g/mol. The van der Waals surface area contributed by atoms with E-state index in [0.717, 1.165) is 11.8 Å². The molecular formula is C19H24F2N4O4S2. The first kappa shape index (κ1) is 23.6. The average Bonchev–Trinajstić information content (AvgIpc) is 3.21. The third kappa shape index (κ3) is 6.71. The van der Waals surface area contributed by atoms with Gasteiger partial charge in [-0.25, -0.2) is 18.6 Å². The molecule has 8 nitrogen and oxygen atoms in total. The van der Waals surface area contributed by atoms with Crippen LogP contribution in [0.5, 0.6) is 0 Å². The molecule has 1 aromatic heterocycles. The smallest absolute Gasteiger partial charge is 0.337 e. The Kier molecular flexibility index (Phi) is 8.00. The van der Waals surface area contributed by atoms with Crippen LogP contribution in [0.4, 0.5) is 8.78 Å². The summed E-state index contributed by atoms with van der Waals surface area (Å²) in [5.41, 5.74) is 0.793. The van der Waals surface area contributed by atoms with Crippen molar-refractivity contribution in [2.24, 2.45) is 10.9 Å². The van der Waals surface area contributed by atoms with E-state index in [9.17, 15) is 18.4 Å². The minimum absolute atomic E-state index is 0.0816. The molecular weight excluding hydrogens is 450 g/mol. The number of carboxylic acid groups (broad SMARTS) is 1. The van der Waals surface area contributed by atoms with Crippen molar-refractivity contribution in [1.29, 1.82) is 0 Å². The van der Waals surface area contributed by atoms with Crippen LogP contribution >= 0.6 is 23.1 Å². The number of amidine groups is 1. The van der Waals surface area contributed by atoms with Gasteiger partial charge in [-0.05, 0) is 18.6 Å². The number of nitrogens with zero attached hydrogens (tertiary/aromatic N) is 3. The summed E-state index contributed by atoms with van der Waals surface area (Å²) in [6.45, 7) is 2.03. The molecule has 0 saturated carbocycles. The van der Waals surface area contributed by atoms with Gasteiger partial charge in [-0.15, -0.1) is 23.1 Å². The van der Waals surface area contributed by atoms with E-state index in [4.69, 9.17) is 9.84 Å². The van der Waals surface area contributed by atoms with Crippen LogP contribution in [-0.4, -0.2) is 83.0 Å². The maximum absolute atomic E-state index is 14.4. The number of aliphatic imine (C=N–C) groups is 1. The maximum atomic E-state index is 14.4. The second kappa shape index (κ2) is 10.5. The van der Waals surface area contributed by atoms with E-state index in [1.165, 1.54) is 11.3 Å². The molecule has 0 aromatic carbocycles. The molecule has 0 aliphatic carbocycles. The molecule has 0 amide bonds. The summed E-state index contributed by atoms with van der Waals surface area (Å²) in [6.07, 6.45) is 1.36. The van der Waals surface area contributed by atoms with Crippen molar-refractivity contribution >= 4 is 40.9 Å². The number of hydrogen-bond donors (Lipinski definition) is 2. The van der Waals surface area contributed by atoms with Crippen LogP contribution in [0.25, 0.3) is 0 Å². The minimum Gasteiger partial charge on any atom is -0.481 e. The number of halogens is 2. The summed E-state index contributed by atoms with van der Waals surface area (Å²) in [4.78, 5) is 33.3. The molecule has 0 spiro atoms. The van der Waals surface area contributed by atoms with Crippen LogP contribution in [0.1, 0.15) is 18.4 Å². The first-order chi connectivity index (χ1) is 14.8. The van der Waals surface area contributed by atoms with Crippen molar-refractivity contribution in [2.45, 2.75) is 19.3 Å². The quantitative estimate of drug-likeness (QED) is 0.525. The summed E-state index contributed by atoms with van der Waals surface area (Å²) in [7, 11) is 0. The Morgan fingerprint density at radius 3 is 2.97 bits per heavy atom. The second-order valence-corrected chi connectivity index (χ2v) is 9.23. The Balaban J connectivity index is 1.74. The minimum atomic E-state index is -2.89. The molecule has 1 unspecified atom stereocenters. The van der Waals surface area contributed by atoms with Gasteiger partial charge in [-0.1, -0.05) is 0 Å². The van der Waals surface area contributed by atoms with Crippen molar-refractivity contribution in [2.75, 3.05) is 44.3 Å². The van der Waals surface area contributed by atoms with Gasteiger partial charge in [0, 0.05) is 36.8 Å². The number of carbonyl (C=O) groups is 2. The molecule has 0 bridgehead atoms. The molecule has 1 aromatic rings. The van der Waals surface area contributed by atoms with Crippen LogP contribution in [-0.2, 0) is 14.3 Å². The van der Waals surface area contributed by atoms with E-state index < -0.39 is 24.4 Å². The SMILES string of the molecule is CCOC(=O)C1=C(CN2CC(CSCC(=O)O)CC(F)(F)C2)NC(c2nccs2)=NC1. The summed E-state index contributed by atoms with van der Waals surface area (Å²) in [6, 6.07) is 0. The Morgan fingerprint density at radius 1 is 1.48 bits per heavy atom. The first-order valence-corrected chi connectivity index (χ1v) is 11.8. The lowest BCUT2D eigenvalue weighted by Gasteiger charge is -2.38. The number of esters is 1. The van der Waals surface area contributed by atoms with Gasteiger partial charge in [-0.3, -0.25) is 14.7 Å². The second-order valence-electron chi connectivity index (χ2n) is 7.31. The zero-order valence-corrected chi connectivity index (χ0v) is 18.6. The topological polar surface area (TPSA) is 104 Å². The molecule has 2 aliphatic rings. The number of hydrogen-bond acceptors (Lipinski definition) is 9. The number of thiazole rings is 1. The van der Waals surface area contributed by atoms with E-state index in [1.807, 2.05) is 0 Å². The standard InChI is InChI=1S/C19H24F2N4O4S2/c1-2-29-18(28)13-6-23-16(17-22-3-4-31-17)24-14(13)8-25-7-12(5-19(20,21)11-25)9-30-10-15(26)27/h3-4,12H,2,5-11H2,1H3,(H,23,24)(H,26,27). The van der Waals surface area contributed by atoms with Gasteiger partial charge < -0.3 is 15.2 Å². The number of rotatable bonds is 9. The number of alkyl halides is 2. The predicted octanol–water partition coefficient (Wildman–Crippen LogP) is 2.09. The molecule has 3 heterocycles. The number of ether oxygens (including phenoxy) is 1. The Bertz CT molecular complexity index is 861. The highest BCUT2D eigenvalue weighted by atomic mass is 32.2. The Hall–Kier alpha value is -2.05. The van der Waals surface area contributed by atoms with Crippen LogP contribution in [0.2, 0.25) is 0 Å². The van der Waals surface area contributed by atoms with Crippen LogP contribution in [0.3, 0.4) is 0 Å². The lowest BCUT2D eigenvalue weighted by Crippen LogP contribution is -2.50. The van der Waals surface area contributed by atoms with Gasteiger partial charge in [0.2, 0.25) is 0 Å². The van der Waals surface area contributed by atoms with Gasteiger partial charge in [0.05, 0.1) is 31.0 Å². The molecule has 1 saturated heterocycles. The molecule has 170 valence electrons. The van der Waals surface area contributed by atoms with Crippen LogP contribution < -0.4 is 5.32 Å². The third-order valence-electron chi connectivity index (χ3n) is 4.71. The van der Waals surface area contributed by atoms with Gasteiger partial charge in [0.25, 0.3) is 5.92 Å². The van der Waals surface area contributed by atoms with Crippen LogP contribution in [0.15, 0.2) is 27.8 Å². The number of aromatic nitrogens is 1. The molecule has 31 heavy (non-hydrogen) atoms. The van der Waals surface area contributed by atoms with Gasteiger partial charge in [-0.2, -0.15) is 0 Å². The van der Waals surface area contributed by atoms with Crippen LogP contribution in [0, 0.1) is 5.92 Å². The molecule has 1 atom stereocenters. The molecule has 3 rings (SSSR count). The average molecular weight is 475 g/mol. The van der Waals surface area contributed by atoms with E-state index in [0.29, 0.717) is 34.4 Å². The summed E-state index contributed by atoms with van der Waals surface area (Å²) < 4.78 is 33.9. The number of nitrogens with one attached hydrogen (secondary N) is 1. The highest BCUT2D eigenvalue weighted by Gasteiger charge is 2.41. The molecule has 1 fully saturated rings. The highest BCUT2D eigenvalue weighted by molar-refractivity contribution is 7.99. The lowest BCUT2D eigenvalue weighted by molar-refractivity contribution is -0.138. The molecule has 2 aliphatic heterocycles. The zero-order chi connectivity index (χ0) is 22.4. The normalized spacial score (nSPS) is 21.4.